The van der Waals surface area contributed by atoms with Crippen LogP contribution in [0.4, 0.5) is 0 Å². The van der Waals surface area contributed by atoms with Gasteiger partial charge < -0.3 is 4.74 Å². The molecule has 1 aliphatic rings. The topological polar surface area (TPSA) is 26.3 Å². The van der Waals surface area contributed by atoms with Crippen molar-refractivity contribution in [2.45, 2.75) is 26.7 Å². The average molecular weight is 154 g/mol. The van der Waals surface area contributed by atoms with E-state index in [-0.39, 0.29) is 5.97 Å². The fourth-order valence-electron chi connectivity index (χ4n) is 1.25. The number of rotatable bonds is 2. The Balaban J connectivity index is 2.50. The summed E-state index contributed by atoms with van der Waals surface area (Å²) in [7, 11) is 0. The van der Waals surface area contributed by atoms with Crippen molar-refractivity contribution >= 4 is 5.97 Å². The Morgan fingerprint density at radius 2 is 2.36 bits per heavy atom. The van der Waals surface area contributed by atoms with Crippen LogP contribution in [0.1, 0.15) is 26.7 Å². The van der Waals surface area contributed by atoms with Crippen LogP contribution in [0.25, 0.3) is 0 Å². The number of carbonyl (C=O) groups is 1. The first-order valence-electron chi connectivity index (χ1n) is 4.04. The fourth-order valence-corrected chi connectivity index (χ4v) is 1.25. The molecular weight excluding hydrogens is 140 g/mol. The molecule has 0 atom stereocenters. The van der Waals surface area contributed by atoms with Crippen LogP contribution in [0, 0.1) is 5.92 Å². The van der Waals surface area contributed by atoms with Crippen LogP contribution >= 0.6 is 0 Å². The van der Waals surface area contributed by atoms with E-state index in [1.165, 1.54) is 5.57 Å². The molecule has 0 aromatic carbocycles. The normalized spacial score (nSPS) is 18.1. The molecule has 0 saturated carbocycles. The van der Waals surface area contributed by atoms with Crippen LogP contribution in [-0.4, -0.2) is 12.6 Å². The van der Waals surface area contributed by atoms with Crippen LogP contribution in [0.5, 0.6) is 0 Å². The molecule has 1 rings (SSSR count). The standard InChI is InChI=1S/C9H14O2/c1-7(2)5-8-3-4-11-9(10)6-8/h6-7H,3-5H2,1-2H3. The monoisotopic (exact) mass is 154 g/mol. The van der Waals surface area contributed by atoms with Crippen molar-refractivity contribution in [3.05, 3.63) is 11.6 Å². The Bertz CT molecular complexity index is 180. The van der Waals surface area contributed by atoms with Gasteiger partial charge in [-0.05, 0) is 12.3 Å². The molecule has 0 aromatic rings. The highest BCUT2D eigenvalue weighted by Gasteiger charge is 2.10. The van der Waals surface area contributed by atoms with E-state index in [1.807, 2.05) is 0 Å². The maximum atomic E-state index is 10.8. The molecule has 0 amide bonds. The first-order valence-corrected chi connectivity index (χ1v) is 4.04. The predicted octanol–water partition coefficient (Wildman–Crippen LogP) is 1.91. The molecule has 0 spiro atoms. The zero-order valence-corrected chi connectivity index (χ0v) is 7.09. The molecule has 0 saturated heterocycles. The first-order chi connectivity index (χ1) is 5.18. The van der Waals surface area contributed by atoms with E-state index >= 15 is 0 Å². The lowest BCUT2D eigenvalue weighted by atomic mass is 9.99. The van der Waals surface area contributed by atoms with Gasteiger partial charge in [0, 0.05) is 12.5 Å². The highest BCUT2D eigenvalue weighted by Crippen LogP contribution is 2.17. The lowest BCUT2D eigenvalue weighted by Gasteiger charge is -2.14. The molecule has 0 bridgehead atoms. The maximum absolute atomic E-state index is 10.8. The lowest BCUT2D eigenvalue weighted by Crippen LogP contribution is -2.11. The largest absolute Gasteiger partial charge is 0.462 e. The van der Waals surface area contributed by atoms with Crippen molar-refractivity contribution in [3.63, 3.8) is 0 Å². The first kappa shape index (κ1) is 8.31. The van der Waals surface area contributed by atoms with E-state index < -0.39 is 0 Å². The summed E-state index contributed by atoms with van der Waals surface area (Å²) in [5.41, 5.74) is 1.23. The van der Waals surface area contributed by atoms with Gasteiger partial charge in [-0.15, -0.1) is 0 Å². The van der Waals surface area contributed by atoms with E-state index in [0.717, 1.165) is 12.8 Å². The molecule has 11 heavy (non-hydrogen) atoms. The minimum absolute atomic E-state index is 0.174. The van der Waals surface area contributed by atoms with E-state index in [1.54, 1.807) is 6.08 Å². The van der Waals surface area contributed by atoms with E-state index in [4.69, 9.17) is 4.74 Å². The summed E-state index contributed by atoms with van der Waals surface area (Å²) in [6.07, 6.45) is 3.57. The second kappa shape index (κ2) is 3.56. The number of hydrogen-bond acceptors (Lipinski definition) is 2. The van der Waals surface area contributed by atoms with Crippen LogP contribution in [-0.2, 0) is 9.53 Å². The number of esters is 1. The maximum Gasteiger partial charge on any atom is 0.330 e. The predicted molar refractivity (Wildman–Crippen MR) is 43.1 cm³/mol. The molecule has 1 heterocycles. The molecule has 1 aliphatic heterocycles. The SMILES string of the molecule is CC(C)CC1=CC(=O)OCC1. The third-order valence-corrected chi connectivity index (χ3v) is 1.66. The van der Waals surface area contributed by atoms with Gasteiger partial charge in [0.25, 0.3) is 0 Å². The minimum atomic E-state index is -0.174. The summed E-state index contributed by atoms with van der Waals surface area (Å²) >= 11 is 0. The van der Waals surface area contributed by atoms with Gasteiger partial charge in [-0.25, -0.2) is 4.79 Å². The Labute approximate surface area is 67.2 Å². The van der Waals surface area contributed by atoms with Crippen molar-refractivity contribution in [1.29, 1.82) is 0 Å². The van der Waals surface area contributed by atoms with Crippen molar-refractivity contribution in [3.8, 4) is 0 Å². The van der Waals surface area contributed by atoms with Gasteiger partial charge >= 0.3 is 5.97 Å². The Morgan fingerprint density at radius 3 is 2.91 bits per heavy atom. The highest BCUT2D eigenvalue weighted by molar-refractivity contribution is 5.83. The second-order valence-corrected chi connectivity index (χ2v) is 3.32. The molecule has 0 fully saturated rings. The number of ether oxygens (including phenoxy) is 1. The molecule has 0 unspecified atom stereocenters. The van der Waals surface area contributed by atoms with Gasteiger partial charge in [0.15, 0.2) is 0 Å². The third kappa shape index (κ3) is 2.74. The van der Waals surface area contributed by atoms with Gasteiger partial charge in [-0.2, -0.15) is 0 Å². The smallest absolute Gasteiger partial charge is 0.330 e. The van der Waals surface area contributed by atoms with Gasteiger partial charge in [-0.3, -0.25) is 0 Å². The van der Waals surface area contributed by atoms with Gasteiger partial charge in [0.1, 0.15) is 0 Å². The molecule has 0 aliphatic carbocycles. The number of carbonyl (C=O) groups excluding carboxylic acids is 1. The zero-order valence-electron chi connectivity index (χ0n) is 7.09. The zero-order chi connectivity index (χ0) is 8.27. The molecular formula is C9H14O2. The molecule has 0 N–H and O–H groups in total. The van der Waals surface area contributed by atoms with Crippen molar-refractivity contribution in [1.82, 2.24) is 0 Å². The van der Waals surface area contributed by atoms with Gasteiger partial charge in [0.2, 0.25) is 0 Å². The van der Waals surface area contributed by atoms with E-state index in [9.17, 15) is 4.79 Å². The van der Waals surface area contributed by atoms with Crippen LogP contribution in [0.2, 0.25) is 0 Å². The van der Waals surface area contributed by atoms with Crippen molar-refractivity contribution in [2.24, 2.45) is 5.92 Å². The van der Waals surface area contributed by atoms with Gasteiger partial charge in [-0.1, -0.05) is 19.4 Å². The van der Waals surface area contributed by atoms with Gasteiger partial charge in [0.05, 0.1) is 6.61 Å². The van der Waals surface area contributed by atoms with Crippen molar-refractivity contribution < 1.29 is 9.53 Å². The Kier molecular flexibility index (Phi) is 2.69. The summed E-state index contributed by atoms with van der Waals surface area (Å²) in [4.78, 5) is 10.8. The summed E-state index contributed by atoms with van der Waals surface area (Å²) in [5, 5.41) is 0. The Morgan fingerprint density at radius 1 is 1.64 bits per heavy atom. The molecule has 2 nitrogen and oxygen atoms in total. The molecule has 62 valence electrons. The summed E-state index contributed by atoms with van der Waals surface area (Å²) in [6.45, 7) is 4.87. The van der Waals surface area contributed by atoms with Crippen LogP contribution in [0.15, 0.2) is 11.6 Å². The third-order valence-electron chi connectivity index (χ3n) is 1.66. The second-order valence-electron chi connectivity index (χ2n) is 3.32. The number of cyclic esters (lactones) is 1. The van der Waals surface area contributed by atoms with E-state index in [0.29, 0.717) is 12.5 Å². The fraction of sp³-hybridized carbons (Fsp3) is 0.667. The van der Waals surface area contributed by atoms with Crippen molar-refractivity contribution in [2.75, 3.05) is 6.61 Å². The molecule has 0 aromatic heterocycles. The minimum Gasteiger partial charge on any atom is -0.462 e. The van der Waals surface area contributed by atoms with E-state index in [2.05, 4.69) is 13.8 Å². The number of hydrogen-bond donors (Lipinski definition) is 0. The highest BCUT2D eigenvalue weighted by atomic mass is 16.5. The molecule has 2 heteroatoms. The lowest BCUT2D eigenvalue weighted by molar-refractivity contribution is -0.138. The quantitative estimate of drug-likeness (QED) is 0.568. The Hall–Kier alpha value is -0.790. The summed E-state index contributed by atoms with van der Waals surface area (Å²) in [5.74, 6) is 0.457. The van der Waals surface area contributed by atoms with Crippen LogP contribution < -0.4 is 0 Å². The molecule has 0 radical (unpaired) electrons. The average Bonchev–Trinajstić information content (AvgIpc) is 1.85. The summed E-state index contributed by atoms with van der Waals surface area (Å²) < 4.78 is 4.77. The summed E-state index contributed by atoms with van der Waals surface area (Å²) in [6, 6.07) is 0. The van der Waals surface area contributed by atoms with Crippen LogP contribution in [0.3, 0.4) is 0 Å².